The van der Waals surface area contributed by atoms with E-state index in [1.807, 2.05) is 0 Å². The van der Waals surface area contributed by atoms with Crippen LogP contribution in [-0.2, 0) is 4.79 Å². The molecule has 2 N–H and O–H groups in total. The topological polar surface area (TPSA) is 57.5 Å². The summed E-state index contributed by atoms with van der Waals surface area (Å²) in [5, 5.41) is 15.4. The smallest absolute Gasteiger partial charge is 0.183 e. The molecule has 0 aromatic carbocycles. The molecule has 0 aromatic heterocycles. The molecule has 0 saturated heterocycles. The minimum absolute atomic E-state index is 0.333. The fourth-order valence-electron chi connectivity index (χ4n) is 0.171. The van der Waals surface area contributed by atoms with Crippen LogP contribution in [0.15, 0.2) is 12.7 Å². The number of aliphatic hydroxyl groups is 2. The van der Waals surface area contributed by atoms with Gasteiger partial charge in [-0.05, 0) is 13.0 Å². The van der Waals surface area contributed by atoms with Crippen molar-refractivity contribution in [3.63, 3.8) is 0 Å². The number of carbonyl (C=O) groups excluding carboxylic acids is 1. The van der Waals surface area contributed by atoms with E-state index in [0.29, 0.717) is 0 Å². The third-order valence-corrected chi connectivity index (χ3v) is 0.613. The molecule has 0 aliphatic heterocycles. The Morgan fingerprint density at radius 1 is 1.67 bits per heavy atom. The highest BCUT2D eigenvalue weighted by atomic mass is 16.3. The van der Waals surface area contributed by atoms with Crippen molar-refractivity contribution in [2.24, 2.45) is 0 Å². The van der Waals surface area contributed by atoms with Gasteiger partial charge in [0.15, 0.2) is 5.78 Å². The molecule has 9 heavy (non-hydrogen) atoms. The van der Waals surface area contributed by atoms with Gasteiger partial charge >= 0.3 is 0 Å². The van der Waals surface area contributed by atoms with Crippen molar-refractivity contribution < 1.29 is 15.0 Å². The molecule has 0 radical (unpaired) electrons. The molecule has 0 fully saturated rings. The zero-order valence-corrected chi connectivity index (χ0v) is 5.66. The maximum Gasteiger partial charge on any atom is 0.183 e. The van der Waals surface area contributed by atoms with E-state index in [-0.39, 0.29) is 5.78 Å². The maximum atomic E-state index is 10.1. The molecule has 0 aliphatic rings. The molecule has 0 amide bonds. The number of ketones is 1. The van der Waals surface area contributed by atoms with Crippen molar-refractivity contribution >= 4 is 5.78 Å². The summed E-state index contributed by atoms with van der Waals surface area (Å²) in [7, 11) is 1.00. The molecule has 1 atom stereocenters. The first-order valence-corrected chi connectivity index (χ1v) is 2.47. The van der Waals surface area contributed by atoms with E-state index in [0.717, 1.165) is 13.2 Å². The zero-order chi connectivity index (χ0) is 7.86. The van der Waals surface area contributed by atoms with Gasteiger partial charge in [-0.15, -0.1) is 0 Å². The third-order valence-electron chi connectivity index (χ3n) is 0.613. The maximum absolute atomic E-state index is 10.1. The third kappa shape index (κ3) is 7.33. The number of rotatable bonds is 2. The Morgan fingerprint density at radius 2 is 2.00 bits per heavy atom. The average molecular weight is 132 g/mol. The molecule has 0 heterocycles. The van der Waals surface area contributed by atoms with Gasteiger partial charge in [-0.25, -0.2) is 0 Å². The summed E-state index contributed by atoms with van der Waals surface area (Å²) in [6, 6.07) is 0. The lowest BCUT2D eigenvalue weighted by atomic mass is 10.3. The molecule has 0 aromatic rings. The summed E-state index contributed by atoms with van der Waals surface area (Å²) >= 11 is 0. The predicted octanol–water partition coefficient (Wildman–Crippen LogP) is -0.269. The van der Waals surface area contributed by atoms with Crippen molar-refractivity contribution in [3.05, 3.63) is 12.7 Å². The van der Waals surface area contributed by atoms with Crippen LogP contribution >= 0.6 is 0 Å². The van der Waals surface area contributed by atoms with Gasteiger partial charge in [0.2, 0.25) is 0 Å². The molecule has 54 valence electrons. The highest BCUT2D eigenvalue weighted by Crippen LogP contribution is 1.81. The van der Waals surface area contributed by atoms with Crippen LogP contribution in [0.4, 0.5) is 0 Å². The number of hydrogen-bond donors (Lipinski definition) is 2. The quantitative estimate of drug-likeness (QED) is 0.508. The second-order valence-corrected chi connectivity index (χ2v) is 1.28. The van der Waals surface area contributed by atoms with Crippen LogP contribution in [0.25, 0.3) is 0 Å². The Balaban J connectivity index is 0. The SMILES string of the molecule is C=CC(=O)C(C)O.CO. The summed E-state index contributed by atoms with van der Waals surface area (Å²) < 4.78 is 0. The first kappa shape index (κ1) is 11.2. The van der Waals surface area contributed by atoms with E-state index in [4.69, 9.17) is 10.2 Å². The van der Waals surface area contributed by atoms with Gasteiger partial charge in [-0.2, -0.15) is 0 Å². The van der Waals surface area contributed by atoms with Crippen molar-refractivity contribution in [2.75, 3.05) is 7.11 Å². The molecule has 3 heteroatoms. The molecule has 3 nitrogen and oxygen atoms in total. The zero-order valence-electron chi connectivity index (χ0n) is 5.66. The molecular formula is C6H12O3. The van der Waals surface area contributed by atoms with E-state index in [9.17, 15) is 4.79 Å². The summed E-state index contributed by atoms with van der Waals surface area (Å²) in [5.41, 5.74) is 0. The van der Waals surface area contributed by atoms with E-state index >= 15 is 0 Å². The Morgan fingerprint density at radius 3 is 2.00 bits per heavy atom. The lowest BCUT2D eigenvalue weighted by molar-refractivity contribution is -0.121. The van der Waals surface area contributed by atoms with Gasteiger partial charge in [0.05, 0.1) is 0 Å². The van der Waals surface area contributed by atoms with Crippen molar-refractivity contribution in [3.8, 4) is 0 Å². The summed E-state index contributed by atoms with van der Waals surface area (Å²) in [4.78, 5) is 10.1. The number of hydrogen-bond acceptors (Lipinski definition) is 3. The van der Waals surface area contributed by atoms with Crippen LogP contribution in [0.2, 0.25) is 0 Å². The second-order valence-electron chi connectivity index (χ2n) is 1.28. The van der Waals surface area contributed by atoms with Crippen LogP contribution in [0, 0.1) is 0 Å². The van der Waals surface area contributed by atoms with Crippen molar-refractivity contribution in [2.45, 2.75) is 13.0 Å². The Bertz CT molecular complexity index is 86.3. The summed E-state index contributed by atoms with van der Waals surface area (Å²) in [5.74, 6) is -0.333. The fraction of sp³-hybridized carbons (Fsp3) is 0.500. The summed E-state index contributed by atoms with van der Waals surface area (Å²) in [6.45, 7) is 4.58. The minimum atomic E-state index is -0.891. The number of aliphatic hydroxyl groups excluding tert-OH is 2. The van der Waals surface area contributed by atoms with Gasteiger partial charge in [0.25, 0.3) is 0 Å². The van der Waals surface area contributed by atoms with Crippen LogP contribution in [0.3, 0.4) is 0 Å². The van der Waals surface area contributed by atoms with Crippen molar-refractivity contribution in [1.29, 1.82) is 0 Å². The van der Waals surface area contributed by atoms with Crippen LogP contribution in [-0.4, -0.2) is 29.2 Å². The van der Waals surface area contributed by atoms with Crippen LogP contribution in [0.1, 0.15) is 6.92 Å². The van der Waals surface area contributed by atoms with Gasteiger partial charge in [-0.3, -0.25) is 4.79 Å². The molecule has 0 spiro atoms. The second kappa shape index (κ2) is 7.33. The van der Waals surface area contributed by atoms with E-state index < -0.39 is 6.10 Å². The Hall–Kier alpha value is -0.670. The lowest BCUT2D eigenvalue weighted by Gasteiger charge is -1.92. The molecule has 0 aliphatic carbocycles. The first-order chi connectivity index (χ1) is 4.18. The minimum Gasteiger partial charge on any atom is -0.400 e. The van der Waals surface area contributed by atoms with Crippen LogP contribution < -0.4 is 0 Å². The van der Waals surface area contributed by atoms with E-state index in [2.05, 4.69) is 6.58 Å². The van der Waals surface area contributed by atoms with Gasteiger partial charge in [-0.1, -0.05) is 6.58 Å². The normalized spacial score (nSPS) is 10.7. The average Bonchev–Trinajstić information content (AvgIpc) is 1.91. The Kier molecular flexibility index (Phi) is 9.10. The first-order valence-electron chi connectivity index (χ1n) is 2.47. The van der Waals surface area contributed by atoms with Gasteiger partial charge in [0.1, 0.15) is 6.10 Å². The molecule has 0 rings (SSSR count). The molecular weight excluding hydrogens is 120 g/mol. The largest absolute Gasteiger partial charge is 0.400 e. The van der Waals surface area contributed by atoms with Gasteiger partial charge in [0, 0.05) is 7.11 Å². The van der Waals surface area contributed by atoms with E-state index in [1.165, 1.54) is 6.92 Å². The number of carbonyl (C=O) groups is 1. The molecule has 1 unspecified atom stereocenters. The van der Waals surface area contributed by atoms with Crippen molar-refractivity contribution in [1.82, 2.24) is 0 Å². The fourth-order valence-corrected chi connectivity index (χ4v) is 0.171. The molecule has 0 saturated carbocycles. The highest BCUT2D eigenvalue weighted by molar-refractivity contribution is 5.92. The summed E-state index contributed by atoms with van der Waals surface area (Å²) in [6.07, 6.45) is 0.211. The monoisotopic (exact) mass is 132 g/mol. The predicted molar refractivity (Wildman–Crippen MR) is 35.0 cm³/mol. The molecule has 0 bridgehead atoms. The Labute approximate surface area is 54.6 Å². The lowest BCUT2D eigenvalue weighted by Crippen LogP contribution is -2.11. The van der Waals surface area contributed by atoms with E-state index in [1.54, 1.807) is 0 Å². The van der Waals surface area contributed by atoms with Gasteiger partial charge < -0.3 is 10.2 Å². The van der Waals surface area contributed by atoms with Crippen LogP contribution in [0.5, 0.6) is 0 Å². The highest BCUT2D eigenvalue weighted by Gasteiger charge is 2.00. The standard InChI is InChI=1S/C5H8O2.CH4O/c1-3-5(7)4(2)6;1-2/h3-4,6H,1H2,2H3;2H,1H3.